The molecule has 6 heteroatoms. The molecule has 0 spiro atoms. The van der Waals surface area contributed by atoms with Crippen molar-refractivity contribution in [2.24, 2.45) is 0 Å². The molecule has 1 heterocycles. The van der Waals surface area contributed by atoms with Crippen LogP contribution in [0.2, 0.25) is 5.02 Å². The average molecular weight is 333 g/mol. The van der Waals surface area contributed by atoms with Crippen LogP contribution in [-0.4, -0.2) is 22.4 Å². The monoisotopic (exact) mass is 332 g/mol. The van der Waals surface area contributed by atoms with Crippen LogP contribution in [0.25, 0.3) is 0 Å². The smallest absolute Gasteiger partial charge is 0.274 e. The number of nitrogens with one attached hydrogen (secondary N) is 2. The van der Waals surface area contributed by atoms with Crippen molar-refractivity contribution >= 4 is 29.1 Å². The van der Waals surface area contributed by atoms with Crippen LogP contribution >= 0.6 is 11.6 Å². The number of para-hydroxylation sites is 1. The Balaban J connectivity index is 2.08. The summed E-state index contributed by atoms with van der Waals surface area (Å²) in [4.78, 5) is 20.9. The zero-order valence-corrected chi connectivity index (χ0v) is 14.2. The van der Waals surface area contributed by atoms with Crippen molar-refractivity contribution in [2.75, 3.05) is 17.2 Å². The number of halogens is 1. The lowest BCUT2D eigenvalue weighted by Gasteiger charge is -2.09. The third-order valence-electron chi connectivity index (χ3n) is 3.27. The number of benzene rings is 1. The van der Waals surface area contributed by atoms with Crippen LogP contribution in [0.4, 0.5) is 11.6 Å². The number of nitrogens with zero attached hydrogens (tertiary/aromatic N) is 2. The Morgan fingerprint density at radius 1 is 1.22 bits per heavy atom. The zero-order valence-electron chi connectivity index (χ0n) is 13.4. The lowest BCUT2D eigenvalue weighted by atomic mass is 10.2. The van der Waals surface area contributed by atoms with E-state index in [4.69, 9.17) is 11.6 Å². The molecule has 5 nitrogen and oxygen atoms in total. The maximum absolute atomic E-state index is 12.4. The second-order valence-electron chi connectivity index (χ2n) is 5.29. The number of carbonyl (C=O) groups is 1. The molecular formula is C17H21ClN4O. The largest absolute Gasteiger partial charge is 0.354 e. The van der Waals surface area contributed by atoms with Gasteiger partial charge in [0.15, 0.2) is 0 Å². The molecule has 0 saturated carbocycles. The molecule has 0 unspecified atom stereocenters. The molecular weight excluding hydrogens is 312 g/mol. The summed E-state index contributed by atoms with van der Waals surface area (Å²) in [6.45, 7) is 4.79. The van der Waals surface area contributed by atoms with Crippen LogP contribution in [-0.2, 0) is 0 Å². The summed E-state index contributed by atoms with van der Waals surface area (Å²) < 4.78 is 0. The molecule has 0 fully saturated rings. The van der Waals surface area contributed by atoms with E-state index in [9.17, 15) is 4.79 Å². The van der Waals surface area contributed by atoms with E-state index in [2.05, 4.69) is 27.5 Å². The standard InChI is InChI=1S/C17H21ClN4O/c1-3-4-7-10-19-17-20-12(2)11-15(22-17)16(23)21-14-9-6-5-8-13(14)18/h5-6,8-9,11H,3-4,7,10H2,1-2H3,(H,21,23)(H,19,20,22). The number of aryl methyl sites for hydroxylation is 1. The van der Waals surface area contributed by atoms with Crippen molar-refractivity contribution in [3.8, 4) is 0 Å². The number of hydrogen-bond acceptors (Lipinski definition) is 4. The second-order valence-corrected chi connectivity index (χ2v) is 5.69. The summed E-state index contributed by atoms with van der Waals surface area (Å²) in [5.74, 6) is 0.172. The summed E-state index contributed by atoms with van der Waals surface area (Å²) in [7, 11) is 0. The molecule has 0 aliphatic rings. The van der Waals surface area contributed by atoms with Gasteiger partial charge in [-0.25, -0.2) is 9.97 Å². The first-order valence-corrected chi connectivity index (χ1v) is 8.13. The maximum Gasteiger partial charge on any atom is 0.274 e. The Bertz CT molecular complexity index is 675. The van der Waals surface area contributed by atoms with Crippen LogP contribution in [0.5, 0.6) is 0 Å². The molecule has 0 radical (unpaired) electrons. The number of amides is 1. The van der Waals surface area contributed by atoms with Gasteiger partial charge in [-0.1, -0.05) is 43.5 Å². The summed E-state index contributed by atoms with van der Waals surface area (Å²) >= 11 is 6.06. The van der Waals surface area contributed by atoms with Crippen LogP contribution in [0.3, 0.4) is 0 Å². The minimum absolute atomic E-state index is 0.305. The fourth-order valence-corrected chi connectivity index (χ4v) is 2.27. The number of anilines is 2. The molecule has 0 aliphatic heterocycles. The predicted octanol–water partition coefficient (Wildman–Crippen LogP) is 4.29. The van der Waals surface area contributed by atoms with Gasteiger partial charge in [-0.2, -0.15) is 0 Å². The van der Waals surface area contributed by atoms with Crippen LogP contribution in [0, 0.1) is 6.92 Å². The van der Waals surface area contributed by atoms with Gasteiger partial charge in [-0.15, -0.1) is 0 Å². The highest BCUT2D eigenvalue weighted by Crippen LogP contribution is 2.21. The fourth-order valence-electron chi connectivity index (χ4n) is 2.09. The summed E-state index contributed by atoms with van der Waals surface area (Å²) in [5, 5.41) is 6.42. The van der Waals surface area contributed by atoms with Gasteiger partial charge in [0.25, 0.3) is 5.91 Å². The quantitative estimate of drug-likeness (QED) is 0.742. The topological polar surface area (TPSA) is 66.9 Å². The first kappa shape index (κ1) is 17.2. The van der Waals surface area contributed by atoms with E-state index in [0.717, 1.165) is 31.5 Å². The van der Waals surface area contributed by atoms with Crippen molar-refractivity contribution < 1.29 is 4.79 Å². The SMILES string of the molecule is CCCCCNc1nc(C)cc(C(=O)Nc2ccccc2Cl)n1. The molecule has 122 valence electrons. The predicted molar refractivity (Wildman–Crippen MR) is 94.2 cm³/mol. The summed E-state index contributed by atoms with van der Waals surface area (Å²) in [6.07, 6.45) is 3.36. The van der Waals surface area contributed by atoms with E-state index in [-0.39, 0.29) is 5.91 Å². The molecule has 2 rings (SSSR count). The van der Waals surface area contributed by atoms with E-state index < -0.39 is 0 Å². The average Bonchev–Trinajstić information content (AvgIpc) is 2.53. The van der Waals surface area contributed by atoms with Gasteiger partial charge in [0, 0.05) is 12.2 Å². The molecule has 1 aromatic heterocycles. The second kappa shape index (κ2) is 8.48. The van der Waals surface area contributed by atoms with E-state index in [1.807, 2.05) is 19.1 Å². The van der Waals surface area contributed by atoms with E-state index in [1.165, 1.54) is 0 Å². The van der Waals surface area contributed by atoms with Crippen molar-refractivity contribution in [2.45, 2.75) is 33.1 Å². The van der Waals surface area contributed by atoms with E-state index >= 15 is 0 Å². The van der Waals surface area contributed by atoms with Crippen LogP contribution in [0.15, 0.2) is 30.3 Å². The summed E-state index contributed by atoms with van der Waals surface area (Å²) in [5.41, 5.74) is 1.62. The first-order valence-electron chi connectivity index (χ1n) is 7.75. The third-order valence-corrected chi connectivity index (χ3v) is 3.60. The number of rotatable bonds is 7. The van der Waals surface area contributed by atoms with Gasteiger partial charge in [0.2, 0.25) is 5.95 Å². The molecule has 1 aromatic carbocycles. The highest BCUT2D eigenvalue weighted by Gasteiger charge is 2.12. The van der Waals surface area contributed by atoms with E-state index in [1.54, 1.807) is 18.2 Å². The molecule has 0 aliphatic carbocycles. The maximum atomic E-state index is 12.4. The first-order chi connectivity index (χ1) is 11.1. The number of aromatic nitrogens is 2. The van der Waals surface area contributed by atoms with Crippen LogP contribution < -0.4 is 10.6 Å². The number of unbranched alkanes of at least 4 members (excludes halogenated alkanes) is 2. The lowest BCUT2D eigenvalue weighted by molar-refractivity contribution is 0.102. The highest BCUT2D eigenvalue weighted by molar-refractivity contribution is 6.33. The molecule has 0 atom stereocenters. The summed E-state index contributed by atoms with van der Waals surface area (Å²) in [6, 6.07) is 8.75. The van der Waals surface area contributed by atoms with Gasteiger partial charge in [0.1, 0.15) is 5.69 Å². The number of carbonyl (C=O) groups excluding carboxylic acids is 1. The molecule has 2 N–H and O–H groups in total. The minimum Gasteiger partial charge on any atom is -0.354 e. The van der Waals surface area contributed by atoms with Gasteiger partial charge in [-0.05, 0) is 31.5 Å². The molecule has 1 amide bonds. The van der Waals surface area contributed by atoms with Gasteiger partial charge in [0.05, 0.1) is 10.7 Å². The normalized spacial score (nSPS) is 10.4. The van der Waals surface area contributed by atoms with Gasteiger partial charge >= 0.3 is 0 Å². The van der Waals surface area contributed by atoms with Crippen molar-refractivity contribution in [3.05, 3.63) is 46.7 Å². The Labute approximate surface area is 141 Å². The Hall–Kier alpha value is -2.14. The fraction of sp³-hybridized carbons (Fsp3) is 0.353. The molecule has 0 bridgehead atoms. The number of hydrogen-bond donors (Lipinski definition) is 2. The van der Waals surface area contributed by atoms with Gasteiger partial charge in [-0.3, -0.25) is 4.79 Å². The van der Waals surface area contributed by atoms with Crippen molar-refractivity contribution in [3.63, 3.8) is 0 Å². The Morgan fingerprint density at radius 2 is 2.00 bits per heavy atom. The van der Waals surface area contributed by atoms with Crippen molar-refractivity contribution in [1.29, 1.82) is 0 Å². The Kier molecular flexibility index (Phi) is 6.35. The van der Waals surface area contributed by atoms with Crippen molar-refractivity contribution in [1.82, 2.24) is 9.97 Å². The lowest BCUT2D eigenvalue weighted by Crippen LogP contribution is -2.16. The third kappa shape index (κ3) is 5.21. The molecule has 23 heavy (non-hydrogen) atoms. The van der Waals surface area contributed by atoms with Gasteiger partial charge < -0.3 is 10.6 Å². The Morgan fingerprint density at radius 3 is 2.74 bits per heavy atom. The highest BCUT2D eigenvalue weighted by atomic mass is 35.5. The zero-order chi connectivity index (χ0) is 16.7. The molecule has 2 aromatic rings. The molecule has 0 saturated heterocycles. The van der Waals surface area contributed by atoms with E-state index in [0.29, 0.717) is 22.4 Å². The minimum atomic E-state index is -0.305. The van der Waals surface area contributed by atoms with Crippen LogP contribution in [0.1, 0.15) is 42.4 Å².